The van der Waals surface area contributed by atoms with E-state index in [1.165, 1.54) is 22.9 Å². The molecule has 2 heterocycles. The lowest BCUT2D eigenvalue weighted by Gasteiger charge is -2.18. The predicted molar refractivity (Wildman–Crippen MR) is 122 cm³/mol. The SMILES string of the molecule is Cc1ccccc1[C@H](CC(=O)O)NC(=O)c1cc(OCC2CCOC2)n(-c2ccccc2F)n1. The lowest BCUT2D eigenvalue weighted by atomic mass is 9.98. The second-order valence-electron chi connectivity index (χ2n) is 8.25. The van der Waals surface area contributed by atoms with Gasteiger partial charge in [0.25, 0.3) is 5.91 Å². The first-order valence-corrected chi connectivity index (χ1v) is 11.1. The number of para-hydroxylation sites is 1. The van der Waals surface area contributed by atoms with Gasteiger partial charge in [0.1, 0.15) is 11.5 Å². The Morgan fingerprint density at radius 3 is 2.74 bits per heavy atom. The van der Waals surface area contributed by atoms with Crippen molar-refractivity contribution >= 4 is 11.9 Å². The van der Waals surface area contributed by atoms with Crippen LogP contribution in [-0.2, 0) is 9.53 Å². The van der Waals surface area contributed by atoms with Gasteiger partial charge in [-0.15, -0.1) is 0 Å². The Hall–Kier alpha value is -3.72. The summed E-state index contributed by atoms with van der Waals surface area (Å²) in [6.45, 7) is 3.43. The average Bonchev–Trinajstić information content (AvgIpc) is 3.48. The molecular formula is C25H26FN3O5. The van der Waals surface area contributed by atoms with Crippen molar-refractivity contribution in [2.75, 3.05) is 19.8 Å². The molecule has 3 aromatic rings. The van der Waals surface area contributed by atoms with Gasteiger partial charge in [0.15, 0.2) is 5.69 Å². The molecule has 0 radical (unpaired) electrons. The number of amides is 1. The van der Waals surface area contributed by atoms with E-state index in [0.717, 1.165) is 12.0 Å². The Morgan fingerprint density at radius 2 is 2.03 bits per heavy atom. The Bertz CT molecular complexity index is 1170. The van der Waals surface area contributed by atoms with Crippen molar-refractivity contribution in [2.45, 2.75) is 25.8 Å². The molecule has 0 bridgehead atoms. The van der Waals surface area contributed by atoms with Crippen LogP contribution < -0.4 is 10.1 Å². The smallest absolute Gasteiger partial charge is 0.305 e. The Labute approximate surface area is 196 Å². The number of carbonyl (C=O) groups is 2. The van der Waals surface area contributed by atoms with Crippen molar-refractivity contribution < 1.29 is 28.6 Å². The fraction of sp³-hybridized carbons (Fsp3) is 0.320. The van der Waals surface area contributed by atoms with Crippen LogP contribution in [0.4, 0.5) is 4.39 Å². The fourth-order valence-corrected chi connectivity index (χ4v) is 3.92. The number of aromatic nitrogens is 2. The van der Waals surface area contributed by atoms with Crippen molar-refractivity contribution in [1.29, 1.82) is 0 Å². The number of carbonyl (C=O) groups excluding carboxylic acids is 1. The van der Waals surface area contributed by atoms with Crippen LogP contribution in [0.1, 0.15) is 40.5 Å². The second kappa shape index (κ2) is 10.5. The normalized spacial score (nSPS) is 16.2. The zero-order valence-electron chi connectivity index (χ0n) is 18.7. The van der Waals surface area contributed by atoms with Crippen LogP contribution >= 0.6 is 0 Å². The number of hydrogen-bond donors (Lipinski definition) is 2. The molecule has 1 aromatic heterocycles. The average molecular weight is 467 g/mol. The summed E-state index contributed by atoms with van der Waals surface area (Å²) in [5, 5.41) is 16.4. The molecule has 0 aliphatic carbocycles. The molecule has 1 fully saturated rings. The summed E-state index contributed by atoms with van der Waals surface area (Å²) in [4.78, 5) is 24.6. The standard InChI is InChI=1S/C25H26FN3O5/c1-16-6-2-3-7-18(16)20(13-24(30)31)27-25(32)21-12-23(34-15-17-10-11-33-14-17)29(28-21)22-9-5-4-8-19(22)26/h2-9,12,17,20H,10-11,13-15H2,1H3,(H,27,32)(H,30,31)/t17?,20-/m0/s1. The summed E-state index contributed by atoms with van der Waals surface area (Å²) < 4.78 is 27.1. The predicted octanol–water partition coefficient (Wildman–Crippen LogP) is 3.68. The van der Waals surface area contributed by atoms with Gasteiger partial charge in [-0.3, -0.25) is 9.59 Å². The second-order valence-corrected chi connectivity index (χ2v) is 8.25. The minimum Gasteiger partial charge on any atom is -0.481 e. The minimum atomic E-state index is -1.05. The van der Waals surface area contributed by atoms with Crippen LogP contribution in [0, 0.1) is 18.7 Å². The van der Waals surface area contributed by atoms with Crippen LogP contribution in [0.15, 0.2) is 54.6 Å². The van der Waals surface area contributed by atoms with E-state index in [4.69, 9.17) is 9.47 Å². The molecule has 0 saturated carbocycles. The molecule has 1 amide bonds. The van der Waals surface area contributed by atoms with Gasteiger partial charge in [-0.2, -0.15) is 9.78 Å². The van der Waals surface area contributed by atoms with Gasteiger partial charge in [0.05, 0.1) is 25.7 Å². The van der Waals surface area contributed by atoms with Crippen LogP contribution in [0.5, 0.6) is 5.88 Å². The van der Waals surface area contributed by atoms with E-state index < -0.39 is 23.7 Å². The summed E-state index contributed by atoms with van der Waals surface area (Å²) in [5.41, 5.74) is 1.68. The third kappa shape index (κ3) is 5.43. The number of rotatable bonds is 9. The van der Waals surface area contributed by atoms with Crippen molar-refractivity contribution in [3.63, 3.8) is 0 Å². The van der Waals surface area contributed by atoms with Gasteiger partial charge in [0.2, 0.25) is 5.88 Å². The molecule has 1 aliphatic rings. The van der Waals surface area contributed by atoms with Crippen LogP contribution in [0.25, 0.3) is 5.69 Å². The van der Waals surface area contributed by atoms with Gasteiger partial charge in [-0.1, -0.05) is 36.4 Å². The Kier molecular flexibility index (Phi) is 7.22. The molecule has 1 saturated heterocycles. The van der Waals surface area contributed by atoms with E-state index in [-0.39, 0.29) is 29.6 Å². The quantitative estimate of drug-likeness (QED) is 0.498. The minimum absolute atomic E-state index is 0.00935. The molecule has 8 nitrogen and oxygen atoms in total. The number of halogens is 1. The molecule has 2 aromatic carbocycles. The number of carboxylic acid groups (broad SMARTS) is 1. The van der Waals surface area contributed by atoms with Crippen molar-refractivity contribution in [3.8, 4) is 11.6 Å². The third-order valence-corrected chi connectivity index (χ3v) is 5.73. The number of aryl methyl sites for hydroxylation is 1. The number of nitrogens with zero attached hydrogens (tertiary/aromatic N) is 2. The molecule has 2 atom stereocenters. The van der Waals surface area contributed by atoms with Crippen molar-refractivity contribution in [2.24, 2.45) is 5.92 Å². The fourth-order valence-electron chi connectivity index (χ4n) is 3.92. The number of hydrogen-bond acceptors (Lipinski definition) is 5. The first kappa shape index (κ1) is 23.4. The van der Waals surface area contributed by atoms with Gasteiger partial charge < -0.3 is 19.9 Å². The molecule has 0 spiro atoms. The highest BCUT2D eigenvalue weighted by atomic mass is 19.1. The number of nitrogens with one attached hydrogen (secondary N) is 1. The molecular weight excluding hydrogens is 441 g/mol. The Balaban J connectivity index is 1.62. The number of benzene rings is 2. The van der Waals surface area contributed by atoms with Gasteiger partial charge in [-0.25, -0.2) is 4.39 Å². The van der Waals surface area contributed by atoms with Crippen LogP contribution in [0.2, 0.25) is 0 Å². The van der Waals surface area contributed by atoms with Crippen LogP contribution in [0.3, 0.4) is 0 Å². The number of ether oxygens (including phenoxy) is 2. The maximum absolute atomic E-state index is 14.5. The maximum atomic E-state index is 14.5. The monoisotopic (exact) mass is 467 g/mol. The topological polar surface area (TPSA) is 103 Å². The van der Waals surface area contributed by atoms with E-state index in [2.05, 4.69) is 10.4 Å². The lowest BCUT2D eigenvalue weighted by molar-refractivity contribution is -0.137. The lowest BCUT2D eigenvalue weighted by Crippen LogP contribution is -2.31. The number of carboxylic acids is 1. The van der Waals surface area contributed by atoms with E-state index in [1.54, 1.807) is 24.3 Å². The van der Waals surface area contributed by atoms with E-state index in [1.807, 2.05) is 19.1 Å². The highest BCUT2D eigenvalue weighted by Gasteiger charge is 2.25. The zero-order valence-corrected chi connectivity index (χ0v) is 18.7. The summed E-state index contributed by atoms with van der Waals surface area (Å²) in [6, 6.07) is 14.0. The first-order valence-electron chi connectivity index (χ1n) is 11.1. The van der Waals surface area contributed by atoms with Gasteiger partial charge in [0, 0.05) is 18.6 Å². The van der Waals surface area contributed by atoms with Crippen molar-refractivity contribution in [3.05, 3.63) is 77.2 Å². The maximum Gasteiger partial charge on any atom is 0.305 e. The molecule has 9 heteroatoms. The Morgan fingerprint density at radius 1 is 1.26 bits per heavy atom. The molecule has 34 heavy (non-hydrogen) atoms. The third-order valence-electron chi connectivity index (χ3n) is 5.73. The highest BCUT2D eigenvalue weighted by Crippen LogP contribution is 2.25. The van der Waals surface area contributed by atoms with E-state index >= 15 is 0 Å². The molecule has 2 N–H and O–H groups in total. The van der Waals surface area contributed by atoms with Crippen molar-refractivity contribution in [1.82, 2.24) is 15.1 Å². The molecule has 1 unspecified atom stereocenters. The largest absolute Gasteiger partial charge is 0.481 e. The van der Waals surface area contributed by atoms with E-state index in [9.17, 15) is 19.1 Å². The zero-order chi connectivity index (χ0) is 24.1. The molecule has 4 rings (SSSR count). The summed E-state index contributed by atoms with van der Waals surface area (Å²) in [5.74, 6) is -1.74. The number of aliphatic carboxylic acids is 1. The first-order chi connectivity index (χ1) is 16.4. The summed E-state index contributed by atoms with van der Waals surface area (Å²) in [6.07, 6.45) is 0.560. The molecule has 1 aliphatic heterocycles. The van der Waals surface area contributed by atoms with Crippen LogP contribution in [-0.4, -0.2) is 46.6 Å². The summed E-state index contributed by atoms with van der Waals surface area (Å²) >= 11 is 0. The van der Waals surface area contributed by atoms with E-state index in [0.29, 0.717) is 25.4 Å². The van der Waals surface area contributed by atoms with Gasteiger partial charge in [-0.05, 0) is 36.6 Å². The highest BCUT2D eigenvalue weighted by molar-refractivity contribution is 5.93. The summed E-state index contributed by atoms with van der Waals surface area (Å²) in [7, 11) is 0. The van der Waals surface area contributed by atoms with Gasteiger partial charge >= 0.3 is 5.97 Å². The molecule has 178 valence electrons.